The molecule has 0 bridgehead atoms. The van der Waals surface area contributed by atoms with Crippen LogP contribution < -0.4 is 16.0 Å². The van der Waals surface area contributed by atoms with Crippen molar-refractivity contribution in [3.05, 3.63) is 46.4 Å². The Labute approximate surface area is 167 Å². The van der Waals surface area contributed by atoms with Crippen LogP contribution in [0.15, 0.2) is 36.0 Å². The van der Waals surface area contributed by atoms with Crippen molar-refractivity contribution in [2.75, 3.05) is 25.0 Å². The molecule has 3 rings (SSSR count). The number of aromatic nitrogens is 1. The number of aliphatic hydroxyl groups is 1. The van der Waals surface area contributed by atoms with E-state index in [1.54, 1.807) is 23.6 Å². The van der Waals surface area contributed by atoms with E-state index in [0.717, 1.165) is 0 Å². The molecule has 1 fully saturated rings. The highest BCUT2D eigenvalue weighted by Gasteiger charge is 2.25. The van der Waals surface area contributed by atoms with E-state index < -0.39 is 6.10 Å². The summed E-state index contributed by atoms with van der Waals surface area (Å²) >= 11 is 1.26. The number of rotatable bonds is 5. The number of β-amino-alcohol motifs (C(OH)–C–C–N with tert-alkyl or cyclic N) is 1. The first kappa shape index (κ1) is 22.3. The fourth-order valence-corrected chi connectivity index (χ4v) is 3.28. The zero-order chi connectivity index (χ0) is 16.9. The van der Waals surface area contributed by atoms with Gasteiger partial charge in [-0.3, -0.25) is 14.6 Å². The molecule has 142 valence electrons. The molecule has 0 saturated carbocycles. The number of carbonyl (C=O) groups excluding carboxylic acids is 2. The van der Waals surface area contributed by atoms with Crippen molar-refractivity contribution in [3.63, 3.8) is 0 Å². The van der Waals surface area contributed by atoms with Crippen LogP contribution in [0.25, 0.3) is 0 Å². The zero-order valence-electron chi connectivity index (χ0n) is 13.7. The van der Waals surface area contributed by atoms with Crippen LogP contribution in [-0.2, 0) is 0 Å². The number of thiophene rings is 1. The number of anilines is 1. The monoisotopic (exact) mass is 418 g/mol. The summed E-state index contributed by atoms with van der Waals surface area (Å²) in [6.07, 6.45) is 2.63. The average Bonchev–Trinajstić information content (AvgIpc) is 3.22. The van der Waals surface area contributed by atoms with Crippen molar-refractivity contribution in [2.45, 2.75) is 6.10 Å². The molecule has 7 nitrogen and oxygen atoms in total. The van der Waals surface area contributed by atoms with Crippen LogP contribution in [0, 0.1) is 5.92 Å². The Morgan fingerprint density at radius 1 is 1.19 bits per heavy atom. The minimum absolute atomic E-state index is 0. The van der Waals surface area contributed by atoms with Gasteiger partial charge in [-0.25, -0.2) is 0 Å². The van der Waals surface area contributed by atoms with E-state index in [4.69, 9.17) is 0 Å². The Kier molecular flexibility index (Phi) is 8.97. The molecule has 4 N–H and O–H groups in total. The predicted molar refractivity (Wildman–Crippen MR) is 106 cm³/mol. The number of amides is 2. The Morgan fingerprint density at radius 2 is 1.92 bits per heavy atom. The normalized spacial score (nSPS) is 18.3. The highest BCUT2D eigenvalue weighted by atomic mass is 35.5. The van der Waals surface area contributed by atoms with Crippen LogP contribution >= 0.6 is 36.2 Å². The molecule has 0 radical (unpaired) electrons. The number of carbonyl (C=O) groups is 2. The van der Waals surface area contributed by atoms with Gasteiger partial charge in [0.1, 0.15) is 4.88 Å². The van der Waals surface area contributed by atoms with Gasteiger partial charge >= 0.3 is 0 Å². The number of halogens is 2. The average molecular weight is 419 g/mol. The van der Waals surface area contributed by atoms with Gasteiger partial charge in [0.05, 0.1) is 11.8 Å². The standard InChI is InChI=1S/C16H18N4O3S.2ClH/c21-13-9-18-7-11(13)8-19-16(23)14-12(3-6-24-14)20-15(22)10-1-4-17-5-2-10;;/h1-6,11,13,18,21H,7-9H2,(H,19,23)(H,20,22);2*1H. The van der Waals surface area contributed by atoms with Crippen molar-refractivity contribution in [1.82, 2.24) is 15.6 Å². The molecule has 0 aromatic carbocycles. The van der Waals surface area contributed by atoms with Crippen molar-refractivity contribution in [1.29, 1.82) is 0 Å². The molecule has 10 heteroatoms. The first-order valence-electron chi connectivity index (χ1n) is 7.61. The minimum atomic E-state index is -0.445. The molecule has 3 heterocycles. The second kappa shape index (κ2) is 10.4. The Morgan fingerprint density at radius 3 is 2.58 bits per heavy atom. The largest absolute Gasteiger partial charge is 0.391 e. The van der Waals surface area contributed by atoms with E-state index in [9.17, 15) is 14.7 Å². The van der Waals surface area contributed by atoms with E-state index in [1.807, 2.05) is 0 Å². The van der Waals surface area contributed by atoms with Gasteiger partial charge in [-0.1, -0.05) is 0 Å². The number of aliphatic hydroxyl groups excluding tert-OH is 1. The van der Waals surface area contributed by atoms with Crippen LogP contribution in [0.3, 0.4) is 0 Å². The predicted octanol–water partition coefficient (Wildman–Crippen LogP) is 1.55. The fourth-order valence-electron chi connectivity index (χ4n) is 2.51. The van der Waals surface area contributed by atoms with Gasteiger partial charge in [-0.05, 0) is 23.6 Å². The summed E-state index contributed by atoms with van der Waals surface area (Å²) in [5.74, 6) is -0.543. The molecule has 2 aromatic heterocycles. The van der Waals surface area contributed by atoms with Crippen molar-refractivity contribution < 1.29 is 14.7 Å². The zero-order valence-corrected chi connectivity index (χ0v) is 16.1. The lowest BCUT2D eigenvalue weighted by Gasteiger charge is -2.14. The molecule has 2 amide bonds. The lowest BCUT2D eigenvalue weighted by atomic mass is 10.1. The van der Waals surface area contributed by atoms with Crippen molar-refractivity contribution in [2.24, 2.45) is 5.92 Å². The van der Waals surface area contributed by atoms with Crippen LogP contribution in [-0.4, -0.2) is 47.6 Å². The summed E-state index contributed by atoms with van der Waals surface area (Å²) in [5, 5.41) is 20.2. The van der Waals surface area contributed by atoms with E-state index in [1.165, 1.54) is 23.7 Å². The third-order valence-corrected chi connectivity index (χ3v) is 4.80. The van der Waals surface area contributed by atoms with E-state index in [-0.39, 0.29) is 42.5 Å². The smallest absolute Gasteiger partial charge is 0.263 e. The Bertz CT molecular complexity index is 729. The van der Waals surface area contributed by atoms with Gasteiger partial charge in [0.2, 0.25) is 0 Å². The maximum atomic E-state index is 12.3. The fraction of sp³-hybridized carbons (Fsp3) is 0.312. The van der Waals surface area contributed by atoms with Gasteiger partial charge in [-0.15, -0.1) is 36.2 Å². The molecule has 1 saturated heterocycles. The second-order valence-electron chi connectivity index (χ2n) is 5.55. The maximum absolute atomic E-state index is 12.3. The first-order chi connectivity index (χ1) is 11.6. The second-order valence-corrected chi connectivity index (χ2v) is 6.47. The molecule has 26 heavy (non-hydrogen) atoms. The molecule has 2 atom stereocenters. The molecular weight excluding hydrogens is 399 g/mol. The van der Waals surface area contributed by atoms with Gasteiger partial charge in [0.15, 0.2) is 0 Å². The van der Waals surface area contributed by atoms with Crippen LogP contribution in [0.5, 0.6) is 0 Å². The van der Waals surface area contributed by atoms with Gasteiger partial charge in [-0.2, -0.15) is 0 Å². The molecular formula is C16H20Cl2N4O3S. The number of pyridine rings is 1. The van der Waals surface area contributed by atoms with Gasteiger partial charge in [0, 0.05) is 43.5 Å². The SMILES string of the molecule is Cl.Cl.O=C(Nc1ccsc1C(=O)NCC1CNCC1O)c1ccncc1. The lowest BCUT2D eigenvalue weighted by Crippen LogP contribution is -2.34. The van der Waals surface area contributed by atoms with Crippen LogP contribution in [0.1, 0.15) is 20.0 Å². The summed E-state index contributed by atoms with van der Waals surface area (Å²) in [6, 6.07) is 4.91. The third kappa shape index (κ3) is 5.39. The summed E-state index contributed by atoms with van der Waals surface area (Å²) in [4.78, 5) is 28.8. The number of hydrogen-bond acceptors (Lipinski definition) is 6. The van der Waals surface area contributed by atoms with E-state index in [0.29, 0.717) is 35.8 Å². The van der Waals surface area contributed by atoms with Gasteiger partial charge < -0.3 is 21.1 Å². The van der Waals surface area contributed by atoms with E-state index in [2.05, 4.69) is 20.9 Å². The topological polar surface area (TPSA) is 103 Å². The summed E-state index contributed by atoms with van der Waals surface area (Å²) in [6.45, 7) is 1.62. The highest BCUT2D eigenvalue weighted by molar-refractivity contribution is 7.12. The minimum Gasteiger partial charge on any atom is -0.391 e. The quantitative estimate of drug-likeness (QED) is 0.589. The molecule has 0 spiro atoms. The first-order valence-corrected chi connectivity index (χ1v) is 8.49. The summed E-state index contributed by atoms with van der Waals surface area (Å²) in [5.41, 5.74) is 0.951. The molecule has 2 unspecified atom stereocenters. The third-order valence-electron chi connectivity index (χ3n) is 3.89. The van der Waals surface area contributed by atoms with Crippen LogP contribution in [0.2, 0.25) is 0 Å². The highest BCUT2D eigenvalue weighted by Crippen LogP contribution is 2.23. The van der Waals surface area contributed by atoms with Crippen LogP contribution in [0.4, 0.5) is 5.69 Å². The maximum Gasteiger partial charge on any atom is 0.263 e. The van der Waals surface area contributed by atoms with Crippen molar-refractivity contribution in [3.8, 4) is 0 Å². The molecule has 1 aliphatic heterocycles. The molecule has 0 aliphatic carbocycles. The summed E-state index contributed by atoms with van der Waals surface area (Å²) in [7, 11) is 0. The Hall–Kier alpha value is -1.71. The number of nitrogens with zero attached hydrogens (tertiary/aromatic N) is 1. The number of nitrogens with one attached hydrogen (secondary N) is 3. The van der Waals surface area contributed by atoms with Gasteiger partial charge in [0.25, 0.3) is 11.8 Å². The number of hydrogen-bond donors (Lipinski definition) is 4. The lowest BCUT2D eigenvalue weighted by molar-refractivity contribution is 0.0932. The van der Waals surface area contributed by atoms with E-state index >= 15 is 0 Å². The summed E-state index contributed by atoms with van der Waals surface area (Å²) < 4.78 is 0. The Balaban J connectivity index is 0.00000169. The molecule has 2 aromatic rings. The molecule has 1 aliphatic rings. The van der Waals surface area contributed by atoms with Crippen molar-refractivity contribution >= 4 is 53.7 Å².